The molecule has 0 aromatic heterocycles. The number of carboxylic acid groups (broad SMARTS) is 1. The Morgan fingerprint density at radius 2 is 1.92 bits per heavy atom. The lowest BCUT2D eigenvalue weighted by molar-refractivity contribution is -0.132. The summed E-state index contributed by atoms with van der Waals surface area (Å²) in [5.41, 5.74) is 4.88. The maximum Gasteiger partial charge on any atom is 0.330 e. The third-order valence-electron chi connectivity index (χ3n) is 0.716. The molecule has 5 heteroatoms. The van der Waals surface area contributed by atoms with Gasteiger partial charge in [-0.05, 0) is 14.0 Å². The molecule has 0 aliphatic heterocycles. The van der Waals surface area contributed by atoms with Crippen molar-refractivity contribution in [1.82, 2.24) is 5.32 Å². The molecule has 70 valence electrons. The van der Waals surface area contributed by atoms with Crippen molar-refractivity contribution in [3.05, 3.63) is 12.2 Å². The Labute approximate surface area is 71.3 Å². The number of likely N-dealkylation sites (N-methyl/N-ethyl adjacent to an activating group) is 1. The summed E-state index contributed by atoms with van der Waals surface area (Å²) in [6.07, 6.45) is 0. The molecule has 0 saturated heterocycles. The third-order valence-corrected chi connectivity index (χ3v) is 0.716. The number of hydrogen-bond donors (Lipinski definition) is 3. The first-order valence-electron chi connectivity index (χ1n) is 3.23. The normalized spacial score (nSPS) is 7.83. The Balaban J connectivity index is 0. The van der Waals surface area contributed by atoms with Crippen molar-refractivity contribution in [2.45, 2.75) is 6.92 Å². The van der Waals surface area contributed by atoms with Crippen LogP contribution < -0.4 is 11.1 Å². The van der Waals surface area contributed by atoms with E-state index < -0.39 is 5.97 Å². The fourth-order valence-electron chi connectivity index (χ4n) is 0.174. The van der Waals surface area contributed by atoms with Gasteiger partial charge in [-0.3, -0.25) is 4.79 Å². The number of aliphatic carboxylic acids is 1. The maximum absolute atomic E-state index is 9.76. The Morgan fingerprint density at radius 1 is 1.58 bits per heavy atom. The van der Waals surface area contributed by atoms with Crippen LogP contribution in [-0.2, 0) is 9.59 Å². The summed E-state index contributed by atoms with van der Waals surface area (Å²) in [6.45, 7) is 4.87. The molecule has 0 aromatic carbocycles. The van der Waals surface area contributed by atoms with Crippen LogP contribution in [0.4, 0.5) is 0 Å². The van der Waals surface area contributed by atoms with Crippen molar-refractivity contribution in [1.29, 1.82) is 0 Å². The third kappa shape index (κ3) is 15.9. The second kappa shape index (κ2) is 7.74. The molecule has 0 rings (SSSR count). The van der Waals surface area contributed by atoms with Gasteiger partial charge in [-0.15, -0.1) is 0 Å². The highest BCUT2D eigenvalue weighted by Gasteiger charge is 1.90. The first-order chi connectivity index (χ1) is 5.41. The number of hydrogen-bond acceptors (Lipinski definition) is 3. The first kappa shape index (κ1) is 13.2. The van der Waals surface area contributed by atoms with Crippen LogP contribution in [0.15, 0.2) is 12.2 Å². The number of carboxylic acids is 1. The summed E-state index contributed by atoms with van der Waals surface area (Å²) in [4.78, 5) is 19.4. The van der Waals surface area contributed by atoms with Gasteiger partial charge in [0.05, 0.1) is 6.54 Å². The molecule has 0 bridgehead atoms. The molecule has 12 heavy (non-hydrogen) atoms. The maximum atomic E-state index is 9.76. The van der Waals surface area contributed by atoms with E-state index in [0.29, 0.717) is 0 Å². The first-order valence-corrected chi connectivity index (χ1v) is 3.23. The summed E-state index contributed by atoms with van der Waals surface area (Å²) in [6, 6.07) is 0. The minimum atomic E-state index is -0.935. The highest BCUT2D eigenvalue weighted by molar-refractivity contribution is 5.84. The van der Waals surface area contributed by atoms with Crippen molar-refractivity contribution >= 4 is 11.9 Å². The number of nitrogens with one attached hydrogen (secondary N) is 1. The highest BCUT2D eigenvalue weighted by Crippen LogP contribution is 1.81. The minimum absolute atomic E-state index is 0.176. The van der Waals surface area contributed by atoms with Crippen molar-refractivity contribution in [2.75, 3.05) is 13.6 Å². The SMILES string of the molecule is C=C(C)C(=O)O.CNCC(N)=O. The number of carbonyl (C=O) groups excluding carboxylic acids is 1. The molecule has 0 unspecified atom stereocenters. The molecule has 0 fully saturated rings. The van der Waals surface area contributed by atoms with Gasteiger partial charge in [-0.2, -0.15) is 0 Å². The van der Waals surface area contributed by atoms with E-state index in [2.05, 4.69) is 11.9 Å². The molecular formula is C7H14N2O3. The van der Waals surface area contributed by atoms with Gasteiger partial charge in [0, 0.05) is 5.57 Å². The summed E-state index contributed by atoms with van der Waals surface area (Å²) < 4.78 is 0. The Kier molecular flexibility index (Phi) is 8.55. The molecule has 0 saturated carbocycles. The van der Waals surface area contributed by atoms with Gasteiger partial charge in [0.15, 0.2) is 0 Å². The molecule has 4 N–H and O–H groups in total. The van der Waals surface area contributed by atoms with E-state index in [4.69, 9.17) is 10.8 Å². The van der Waals surface area contributed by atoms with Crippen LogP contribution in [0.25, 0.3) is 0 Å². The average Bonchev–Trinajstić information content (AvgIpc) is 1.87. The number of amides is 1. The Hall–Kier alpha value is -1.36. The second-order valence-electron chi connectivity index (χ2n) is 2.08. The molecule has 5 nitrogen and oxygen atoms in total. The van der Waals surface area contributed by atoms with E-state index >= 15 is 0 Å². The Bertz CT molecular complexity index is 165. The van der Waals surface area contributed by atoms with Crippen molar-refractivity contribution < 1.29 is 14.7 Å². The van der Waals surface area contributed by atoms with E-state index in [0.717, 1.165) is 0 Å². The fraction of sp³-hybridized carbons (Fsp3) is 0.429. The monoisotopic (exact) mass is 174 g/mol. The quantitative estimate of drug-likeness (QED) is 0.495. The number of primary amides is 1. The van der Waals surface area contributed by atoms with E-state index in [1.165, 1.54) is 6.92 Å². The molecule has 0 radical (unpaired) electrons. The smallest absolute Gasteiger partial charge is 0.330 e. The van der Waals surface area contributed by atoms with Gasteiger partial charge in [0.2, 0.25) is 5.91 Å². The van der Waals surface area contributed by atoms with E-state index in [9.17, 15) is 9.59 Å². The summed E-state index contributed by atoms with van der Waals surface area (Å²) in [5, 5.41) is 10.5. The van der Waals surface area contributed by atoms with Gasteiger partial charge >= 0.3 is 5.97 Å². The molecular weight excluding hydrogens is 160 g/mol. The second-order valence-corrected chi connectivity index (χ2v) is 2.08. The minimum Gasteiger partial charge on any atom is -0.478 e. The molecule has 0 spiro atoms. The van der Waals surface area contributed by atoms with Crippen molar-refractivity contribution in [3.63, 3.8) is 0 Å². The molecule has 0 aliphatic rings. The zero-order valence-electron chi connectivity index (χ0n) is 7.26. The highest BCUT2D eigenvalue weighted by atomic mass is 16.4. The van der Waals surface area contributed by atoms with Crippen LogP contribution in [0.3, 0.4) is 0 Å². The lowest BCUT2D eigenvalue weighted by Gasteiger charge is -1.85. The molecule has 1 amide bonds. The van der Waals surface area contributed by atoms with Gasteiger partial charge < -0.3 is 16.2 Å². The standard InChI is InChI=1S/C4H6O2.C3H8N2O/c1-3(2)4(5)6;1-5-2-3(4)6/h1H2,2H3,(H,5,6);5H,2H2,1H3,(H2,4,6). The number of nitrogens with two attached hydrogens (primary N) is 1. The predicted octanol–water partition coefficient (Wildman–Crippen LogP) is -0.662. The van der Waals surface area contributed by atoms with Gasteiger partial charge in [-0.1, -0.05) is 6.58 Å². The van der Waals surface area contributed by atoms with Crippen molar-refractivity contribution in [3.8, 4) is 0 Å². The predicted molar refractivity (Wildman–Crippen MR) is 45.6 cm³/mol. The lowest BCUT2D eigenvalue weighted by atomic mass is 10.4. The van der Waals surface area contributed by atoms with E-state index in [1.807, 2.05) is 0 Å². The largest absolute Gasteiger partial charge is 0.478 e. The number of rotatable bonds is 3. The van der Waals surface area contributed by atoms with Crippen LogP contribution in [-0.4, -0.2) is 30.6 Å². The summed E-state index contributed by atoms with van der Waals surface area (Å²) >= 11 is 0. The zero-order chi connectivity index (χ0) is 10.1. The van der Waals surface area contributed by atoms with Crippen LogP contribution >= 0.6 is 0 Å². The van der Waals surface area contributed by atoms with Crippen LogP contribution in [0.5, 0.6) is 0 Å². The van der Waals surface area contributed by atoms with Crippen LogP contribution in [0.2, 0.25) is 0 Å². The molecule has 0 atom stereocenters. The zero-order valence-corrected chi connectivity index (χ0v) is 7.26. The summed E-state index contributed by atoms with van der Waals surface area (Å²) in [5.74, 6) is -1.26. The Morgan fingerprint density at radius 3 is 1.92 bits per heavy atom. The van der Waals surface area contributed by atoms with Crippen molar-refractivity contribution in [2.24, 2.45) is 5.73 Å². The molecule has 0 heterocycles. The van der Waals surface area contributed by atoms with E-state index in [1.54, 1.807) is 7.05 Å². The van der Waals surface area contributed by atoms with Gasteiger partial charge in [0.1, 0.15) is 0 Å². The lowest BCUT2D eigenvalue weighted by Crippen LogP contribution is -2.25. The number of carbonyl (C=O) groups is 2. The average molecular weight is 174 g/mol. The van der Waals surface area contributed by atoms with Gasteiger partial charge in [0.25, 0.3) is 0 Å². The summed E-state index contributed by atoms with van der Waals surface area (Å²) in [7, 11) is 1.67. The topological polar surface area (TPSA) is 92.4 Å². The molecule has 0 aromatic rings. The molecule has 0 aliphatic carbocycles. The van der Waals surface area contributed by atoms with Crippen LogP contribution in [0.1, 0.15) is 6.92 Å². The van der Waals surface area contributed by atoms with Gasteiger partial charge in [-0.25, -0.2) is 4.79 Å². The fourth-order valence-corrected chi connectivity index (χ4v) is 0.174. The van der Waals surface area contributed by atoms with Crippen LogP contribution in [0, 0.1) is 0 Å². The van der Waals surface area contributed by atoms with E-state index in [-0.39, 0.29) is 18.0 Å².